The zero-order valence-corrected chi connectivity index (χ0v) is 21.9. The molecule has 0 saturated carbocycles. The molecular weight excluding hydrogens is 520 g/mol. The van der Waals surface area contributed by atoms with Gasteiger partial charge in [0.05, 0.1) is 35.2 Å². The molecule has 5 rings (SSSR count). The van der Waals surface area contributed by atoms with Crippen molar-refractivity contribution < 1.29 is 19.2 Å². The number of esters is 1. The first kappa shape index (κ1) is 26.8. The minimum absolute atomic E-state index is 0.105. The molecule has 1 amide bonds. The second-order valence-corrected chi connectivity index (χ2v) is 8.94. The molecule has 0 atom stereocenters. The Labute approximate surface area is 235 Å². The molecule has 1 N–H and O–H groups in total. The van der Waals surface area contributed by atoms with Crippen molar-refractivity contribution in [1.82, 2.24) is 9.99 Å². The smallest absolute Gasteiger partial charge is 0.337 e. The summed E-state index contributed by atoms with van der Waals surface area (Å²) >= 11 is 0. The Morgan fingerprint density at radius 3 is 2.00 bits per heavy atom. The number of rotatable bonds is 8. The van der Waals surface area contributed by atoms with Gasteiger partial charge in [-0.25, -0.2) is 10.2 Å². The van der Waals surface area contributed by atoms with E-state index in [1.54, 1.807) is 18.3 Å². The maximum Gasteiger partial charge on any atom is 0.337 e. The van der Waals surface area contributed by atoms with Crippen LogP contribution in [0.1, 0.15) is 26.3 Å². The van der Waals surface area contributed by atoms with E-state index in [1.165, 1.54) is 31.4 Å². The van der Waals surface area contributed by atoms with Crippen molar-refractivity contribution in [3.63, 3.8) is 0 Å². The number of nitro groups is 1. The molecule has 5 aromatic rings. The number of aromatic nitrogens is 1. The number of hydrazone groups is 1. The third-order valence-electron chi connectivity index (χ3n) is 6.40. The van der Waals surface area contributed by atoms with E-state index >= 15 is 0 Å². The fourth-order valence-corrected chi connectivity index (χ4v) is 4.43. The van der Waals surface area contributed by atoms with Gasteiger partial charge in [0.25, 0.3) is 11.6 Å². The SMILES string of the molecule is COC(=O)c1ccc(-n2c(-c3ccccc3)cc(/C=N/NC(=O)c3ccc([N+](=O)[O-])cc3)c2-c2ccccc2)cc1. The molecule has 1 heterocycles. The van der Waals surface area contributed by atoms with Crippen molar-refractivity contribution in [2.75, 3.05) is 7.11 Å². The number of carbonyl (C=O) groups excluding carboxylic acids is 2. The Hall–Kier alpha value is -5.83. The fourth-order valence-electron chi connectivity index (χ4n) is 4.43. The van der Waals surface area contributed by atoms with Crippen LogP contribution >= 0.6 is 0 Å². The molecule has 0 fully saturated rings. The lowest BCUT2D eigenvalue weighted by Gasteiger charge is -2.15. The fraction of sp³-hybridized carbons (Fsp3) is 0.0312. The van der Waals surface area contributed by atoms with Gasteiger partial charge in [-0.2, -0.15) is 5.10 Å². The van der Waals surface area contributed by atoms with E-state index in [2.05, 4.69) is 15.1 Å². The molecule has 0 bridgehead atoms. The lowest BCUT2D eigenvalue weighted by atomic mass is 10.1. The van der Waals surface area contributed by atoms with Gasteiger partial charge >= 0.3 is 5.97 Å². The largest absolute Gasteiger partial charge is 0.465 e. The van der Waals surface area contributed by atoms with E-state index in [-0.39, 0.29) is 11.3 Å². The van der Waals surface area contributed by atoms with Crippen LogP contribution in [0.3, 0.4) is 0 Å². The first-order chi connectivity index (χ1) is 20.0. The Balaban J connectivity index is 1.59. The molecule has 0 radical (unpaired) electrons. The van der Waals surface area contributed by atoms with Crippen molar-refractivity contribution in [1.29, 1.82) is 0 Å². The highest BCUT2D eigenvalue weighted by molar-refractivity contribution is 5.97. The summed E-state index contributed by atoms with van der Waals surface area (Å²) in [5.41, 5.74) is 8.18. The van der Waals surface area contributed by atoms with Gasteiger partial charge in [-0.15, -0.1) is 0 Å². The minimum atomic E-state index is -0.525. The lowest BCUT2D eigenvalue weighted by Crippen LogP contribution is -2.17. The van der Waals surface area contributed by atoms with Crippen molar-refractivity contribution >= 4 is 23.8 Å². The van der Waals surface area contributed by atoms with Crippen LogP contribution in [0, 0.1) is 10.1 Å². The minimum Gasteiger partial charge on any atom is -0.465 e. The van der Waals surface area contributed by atoms with Gasteiger partial charge in [0.2, 0.25) is 0 Å². The number of carbonyl (C=O) groups is 2. The molecule has 9 heteroatoms. The number of methoxy groups -OCH3 is 1. The summed E-state index contributed by atoms with van der Waals surface area (Å²) in [4.78, 5) is 35.1. The van der Waals surface area contributed by atoms with Crippen LogP contribution in [-0.2, 0) is 4.74 Å². The van der Waals surface area contributed by atoms with E-state index in [1.807, 2.05) is 78.9 Å². The molecule has 202 valence electrons. The molecule has 41 heavy (non-hydrogen) atoms. The third kappa shape index (κ3) is 5.79. The highest BCUT2D eigenvalue weighted by Crippen LogP contribution is 2.35. The Morgan fingerprint density at radius 2 is 1.41 bits per heavy atom. The van der Waals surface area contributed by atoms with E-state index < -0.39 is 16.8 Å². The number of nitrogens with one attached hydrogen (secondary N) is 1. The van der Waals surface area contributed by atoms with Gasteiger partial charge in [0, 0.05) is 28.9 Å². The number of ether oxygens (including phenoxy) is 1. The Kier molecular flexibility index (Phi) is 7.78. The van der Waals surface area contributed by atoms with E-state index in [9.17, 15) is 19.7 Å². The molecule has 0 unspecified atom stereocenters. The first-order valence-corrected chi connectivity index (χ1v) is 12.6. The third-order valence-corrected chi connectivity index (χ3v) is 6.40. The molecule has 0 aliphatic heterocycles. The number of hydrogen-bond donors (Lipinski definition) is 1. The van der Waals surface area contributed by atoms with Crippen LogP contribution in [0.15, 0.2) is 120 Å². The van der Waals surface area contributed by atoms with Crippen LogP contribution < -0.4 is 5.43 Å². The molecule has 9 nitrogen and oxygen atoms in total. The highest BCUT2D eigenvalue weighted by atomic mass is 16.6. The number of nitrogens with zero attached hydrogens (tertiary/aromatic N) is 3. The summed E-state index contributed by atoms with van der Waals surface area (Å²) < 4.78 is 6.93. The zero-order chi connectivity index (χ0) is 28.8. The Morgan fingerprint density at radius 1 is 0.829 bits per heavy atom. The van der Waals surface area contributed by atoms with E-state index in [0.29, 0.717) is 5.56 Å². The molecular formula is C32H24N4O5. The van der Waals surface area contributed by atoms with Crippen molar-refractivity contribution in [3.05, 3.63) is 142 Å². The van der Waals surface area contributed by atoms with Gasteiger partial charge in [-0.3, -0.25) is 14.9 Å². The average Bonchev–Trinajstić information content (AvgIpc) is 3.41. The quantitative estimate of drug-likeness (QED) is 0.107. The van der Waals surface area contributed by atoms with Crippen LogP contribution in [-0.4, -0.2) is 34.7 Å². The topological polar surface area (TPSA) is 116 Å². The van der Waals surface area contributed by atoms with Gasteiger partial charge in [0.1, 0.15) is 0 Å². The van der Waals surface area contributed by atoms with Gasteiger partial charge in [-0.1, -0.05) is 60.7 Å². The molecule has 0 aliphatic carbocycles. The number of benzene rings is 4. The first-order valence-electron chi connectivity index (χ1n) is 12.6. The van der Waals surface area contributed by atoms with Crippen LogP contribution in [0.5, 0.6) is 0 Å². The van der Waals surface area contributed by atoms with Gasteiger partial charge in [0.15, 0.2) is 0 Å². The van der Waals surface area contributed by atoms with Crippen molar-refractivity contribution in [3.8, 4) is 28.2 Å². The maximum absolute atomic E-state index is 12.7. The summed E-state index contributed by atoms with van der Waals surface area (Å²) in [6.45, 7) is 0. The van der Waals surface area contributed by atoms with E-state index in [0.717, 1.165) is 33.8 Å². The zero-order valence-electron chi connectivity index (χ0n) is 21.9. The van der Waals surface area contributed by atoms with Crippen LogP contribution in [0.4, 0.5) is 5.69 Å². The summed E-state index contributed by atoms with van der Waals surface area (Å²) in [7, 11) is 1.34. The summed E-state index contributed by atoms with van der Waals surface area (Å²) in [6.07, 6.45) is 1.57. The van der Waals surface area contributed by atoms with Crippen molar-refractivity contribution in [2.45, 2.75) is 0 Å². The van der Waals surface area contributed by atoms with Gasteiger partial charge < -0.3 is 9.30 Å². The number of amides is 1. The second-order valence-electron chi connectivity index (χ2n) is 8.94. The molecule has 0 spiro atoms. The number of nitro benzene ring substituents is 1. The van der Waals surface area contributed by atoms with Crippen LogP contribution in [0.2, 0.25) is 0 Å². The predicted molar refractivity (Wildman–Crippen MR) is 156 cm³/mol. The molecule has 1 aromatic heterocycles. The summed E-state index contributed by atoms with van der Waals surface area (Å²) in [6, 6.07) is 34.0. The summed E-state index contributed by atoms with van der Waals surface area (Å²) in [5, 5.41) is 15.1. The summed E-state index contributed by atoms with van der Waals surface area (Å²) in [5.74, 6) is -0.925. The molecule has 0 aliphatic rings. The highest BCUT2D eigenvalue weighted by Gasteiger charge is 2.19. The standard InChI is InChI=1S/C32H24N4O5/c1-41-32(38)25-14-16-27(17-15-25)35-29(22-8-4-2-5-9-22)20-26(30(35)23-10-6-3-7-11-23)21-33-34-31(37)24-12-18-28(19-13-24)36(39)40/h2-21H,1H3,(H,34,37)/b33-21+. The molecule has 0 saturated heterocycles. The maximum atomic E-state index is 12.7. The van der Waals surface area contributed by atoms with Crippen LogP contribution in [0.25, 0.3) is 28.2 Å². The predicted octanol–water partition coefficient (Wildman–Crippen LogP) is 6.27. The van der Waals surface area contributed by atoms with E-state index in [4.69, 9.17) is 4.74 Å². The second kappa shape index (κ2) is 11.9. The lowest BCUT2D eigenvalue weighted by molar-refractivity contribution is -0.384. The van der Waals surface area contributed by atoms with Gasteiger partial charge in [-0.05, 0) is 53.6 Å². The normalized spacial score (nSPS) is 10.9. The monoisotopic (exact) mass is 544 g/mol. The number of hydrogen-bond acceptors (Lipinski definition) is 6. The average molecular weight is 545 g/mol. The molecule has 4 aromatic carbocycles. The number of non-ortho nitro benzene ring substituents is 1. The van der Waals surface area contributed by atoms with Crippen molar-refractivity contribution in [2.24, 2.45) is 5.10 Å². The Bertz CT molecular complexity index is 1730.